The van der Waals surface area contributed by atoms with Gasteiger partial charge in [-0.15, -0.1) is 11.3 Å². The Labute approximate surface area is 123 Å². The van der Waals surface area contributed by atoms with Crippen LogP contribution in [0.4, 0.5) is 0 Å². The number of aromatic nitrogens is 1. The quantitative estimate of drug-likeness (QED) is 0.886. The second kappa shape index (κ2) is 6.63. The van der Waals surface area contributed by atoms with Gasteiger partial charge in [-0.05, 0) is 19.4 Å². The molecule has 1 aromatic heterocycles. The lowest BCUT2D eigenvalue weighted by atomic mass is 10.1. The molecule has 0 fully saturated rings. The summed E-state index contributed by atoms with van der Waals surface area (Å²) in [6.45, 7) is 4.53. The first kappa shape index (κ1) is 14.7. The molecule has 3 N–H and O–H groups in total. The van der Waals surface area contributed by atoms with Gasteiger partial charge in [0.2, 0.25) is 5.91 Å². The van der Waals surface area contributed by atoms with Gasteiger partial charge in [0.15, 0.2) is 0 Å². The monoisotopic (exact) mass is 289 g/mol. The van der Waals surface area contributed by atoms with Crippen LogP contribution >= 0.6 is 11.3 Å². The largest absolute Gasteiger partial charge is 0.354 e. The van der Waals surface area contributed by atoms with Crippen LogP contribution in [-0.2, 0) is 11.2 Å². The SMILES string of the molecule is Cc1ccc(C(N)C(=O)NCCc2nc(C)cs2)cc1. The van der Waals surface area contributed by atoms with Crippen LogP contribution in [0.1, 0.15) is 27.9 Å². The molecule has 0 bridgehead atoms. The van der Waals surface area contributed by atoms with Gasteiger partial charge in [-0.3, -0.25) is 4.79 Å². The highest BCUT2D eigenvalue weighted by molar-refractivity contribution is 7.09. The van der Waals surface area contributed by atoms with Gasteiger partial charge in [-0.1, -0.05) is 29.8 Å². The molecule has 0 aliphatic carbocycles. The highest BCUT2D eigenvalue weighted by Crippen LogP contribution is 2.12. The molecule has 1 atom stereocenters. The van der Waals surface area contributed by atoms with Crippen LogP contribution < -0.4 is 11.1 Å². The summed E-state index contributed by atoms with van der Waals surface area (Å²) >= 11 is 1.61. The molecule has 0 aliphatic heterocycles. The third-order valence-electron chi connectivity index (χ3n) is 3.02. The van der Waals surface area contributed by atoms with Gasteiger partial charge in [-0.2, -0.15) is 0 Å². The molecule has 0 aliphatic rings. The normalized spacial score (nSPS) is 12.2. The lowest BCUT2D eigenvalue weighted by molar-refractivity contribution is -0.122. The molecule has 1 heterocycles. The number of aryl methyl sites for hydroxylation is 2. The molecule has 1 unspecified atom stereocenters. The van der Waals surface area contributed by atoms with Crippen LogP contribution in [0.2, 0.25) is 0 Å². The molecule has 4 nitrogen and oxygen atoms in total. The molecule has 2 aromatic rings. The number of carbonyl (C=O) groups is 1. The first-order chi connectivity index (χ1) is 9.56. The van der Waals surface area contributed by atoms with E-state index in [1.807, 2.05) is 43.5 Å². The van der Waals surface area contributed by atoms with Crippen molar-refractivity contribution >= 4 is 17.2 Å². The summed E-state index contributed by atoms with van der Waals surface area (Å²) < 4.78 is 0. The number of carbonyl (C=O) groups excluding carboxylic acids is 1. The number of thiazole rings is 1. The Morgan fingerprint density at radius 2 is 2.05 bits per heavy atom. The minimum absolute atomic E-state index is 0.151. The highest BCUT2D eigenvalue weighted by Gasteiger charge is 2.14. The highest BCUT2D eigenvalue weighted by atomic mass is 32.1. The predicted molar refractivity (Wildman–Crippen MR) is 81.7 cm³/mol. The molecule has 1 aromatic carbocycles. The van der Waals surface area contributed by atoms with Crippen molar-refractivity contribution in [3.63, 3.8) is 0 Å². The van der Waals surface area contributed by atoms with E-state index in [1.165, 1.54) is 0 Å². The standard InChI is InChI=1S/C15H19N3OS/c1-10-3-5-12(6-4-10)14(16)15(19)17-8-7-13-18-11(2)9-20-13/h3-6,9,14H,7-8,16H2,1-2H3,(H,17,19). The van der Waals surface area contributed by atoms with E-state index in [9.17, 15) is 4.79 Å². The Hall–Kier alpha value is -1.72. The van der Waals surface area contributed by atoms with E-state index in [1.54, 1.807) is 11.3 Å². The van der Waals surface area contributed by atoms with Gasteiger partial charge < -0.3 is 11.1 Å². The fraction of sp³-hybridized carbons (Fsp3) is 0.333. The van der Waals surface area contributed by atoms with E-state index in [0.717, 1.165) is 28.2 Å². The molecule has 0 saturated heterocycles. The van der Waals surface area contributed by atoms with E-state index in [2.05, 4.69) is 10.3 Å². The molecule has 0 saturated carbocycles. The number of hydrogen-bond donors (Lipinski definition) is 2. The average molecular weight is 289 g/mol. The average Bonchev–Trinajstić information content (AvgIpc) is 2.84. The zero-order valence-corrected chi connectivity index (χ0v) is 12.5. The molecule has 0 radical (unpaired) electrons. The maximum atomic E-state index is 12.0. The Balaban J connectivity index is 1.83. The molecule has 5 heteroatoms. The maximum Gasteiger partial charge on any atom is 0.241 e. The van der Waals surface area contributed by atoms with Crippen LogP contribution in [0.15, 0.2) is 29.6 Å². The summed E-state index contributed by atoms with van der Waals surface area (Å²) in [5, 5.41) is 5.90. The fourth-order valence-electron chi connectivity index (χ4n) is 1.85. The summed E-state index contributed by atoms with van der Waals surface area (Å²) in [5.74, 6) is -0.151. The number of hydrogen-bond acceptors (Lipinski definition) is 4. The van der Waals surface area contributed by atoms with Gasteiger partial charge in [-0.25, -0.2) is 4.98 Å². The Morgan fingerprint density at radius 3 is 2.65 bits per heavy atom. The minimum Gasteiger partial charge on any atom is -0.354 e. The molecule has 2 rings (SSSR count). The summed E-state index contributed by atoms with van der Waals surface area (Å²) in [6.07, 6.45) is 0.741. The van der Waals surface area contributed by atoms with Crippen LogP contribution in [0, 0.1) is 13.8 Å². The van der Waals surface area contributed by atoms with Gasteiger partial charge in [0.25, 0.3) is 0 Å². The molecular formula is C15H19N3OS. The second-order valence-electron chi connectivity index (χ2n) is 4.81. The van der Waals surface area contributed by atoms with Gasteiger partial charge >= 0.3 is 0 Å². The predicted octanol–water partition coefficient (Wildman–Crippen LogP) is 2.12. The number of rotatable bonds is 5. The molecule has 20 heavy (non-hydrogen) atoms. The van der Waals surface area contributed by atoms with Gasteiger partial charge in [0, 0.05) is 24.0 Å². The van der Waals surface area contributed by atoms with Crippen molar-refractivity contribution in [3.05, 3.63) is 51.5 Å². The lowest BCUT2D eigenvalue weighted by Crippen LogP contribution is -2.35. The zero-order chi connectivity index (χ0) is 14.5. The van der Waals surface area contributed by atoms with E-state index in [4.69, 9.17) is 5.73 Å². The minimum atomic E-state index is -0.617. The van der Waals surface area contributed by atoms with Crippen molar-refractivity contribution in [1.82, 2.24) is 10.3 Å². The number of nitrogens with two attached hydrogens (primary N) is 1. The van der Waals surface area contributed by atoms with Crippen molar-refractivity contribution in [2.75, 3.05) is 6.54 Å². The third kappa shape index (κ3) is 3.88. The Bertz CT molecular complexity index is 577. The summed E-state index contributed by atoms with van der Waals surface area (Å²) in [7, 11) is 0. The van der Waals surface area contributed by atoms with Crippen LogP contribution in [0.5, 0.6) is 0 Å². The molecule has 1 amide bonds. The molecular weight excluding hydrogens is 270 g/mol. The molecule has 0 spiro atoms. The number of amides is 1. The van der Waals surface area contributed by atoms with Crippen LogP contribution in [0.25, 0.3) is 0 Å². The number of nitrogens with zero attached hydrogens (tertiary/aromatic N) is 1. The topological polar surface area (TPSA) is 68.0 Å². The lowest BCUT2D eigenvalue weighted by Gasteiger charge is -2.12. The van der Waals surface area contributed by atoms with Crippen molar-refractivity contribution in [2.24, 2.45) is 5.73 Å². The van der Waals surface area contributed by atoms with E-state index in [0.29, 0.717) is 6.54 Å². The third-order valence-corrected chi connectivity index (χ3v) is 4.05. The fourth-order valence-corrected chi connectivity index (χ4v) is 2.62. The Kier molecular flexibility index (Phi) is 4.87. The smallest absolute Gasteiger partial charge is 0.241 e. The number of nitrogens with one attached hydrogen (secondary N) is 1. The first-order valence-electron chi connectivity index (χ1n) is 6.57. The van der Waals surface area contributed by atoms with E-state index >= 15 is 0 Å². The van der Waals surface area contributed by atoms with Crippen molar-refractivity contribution in [1.29, 1.82) is 0 Å². The summed E-state index contributed by atoms with van der Waals surface area (Å²) in [5.41, 5.74) is 8.95. The van der Waals surface area contributed by atoms with Crippen molar-refractivity contribution in [3.8, 4) is 0 Å². The zero-order valence-electron chi connectivity index (χ0n) is 11.7. The van der Waals surface area contributed by atoms with Crippen molar-refractivity contribution < 1.29 is 4.79 Å². The first-order valence-corrected chi connectivity index (χ1v) is 7.45. The Morgan fingerprint density at radius 1 is 1.35 bits per heavy atom. The van der Waals surface area contributed by atoms with E-state index in [-0.39, 0.29) is 5.91 Å². The molecule has 106 valence electrons. The second-order valence-corrected chi connectivity index (χ2v) is 5.75. The van der Waals surface area contributed by atoms with E-state index < -0.39 is 6.04 Å². The summed E-state index contributed by atoms with van der Waals surface area (Å²) in [6, 6.07) is 7.09. The van der Waals surface area contributed by atoms with Crippen LogP contribution in [-0.4, -0.2) is 17.4 Å². The van der Waals surface area contributed by atoms with Crippen LogP contribution in [0.3, 0.4) is 0 Å². The summed E-state index contributed by atoms with van der Waals surface area (Å²) in [4.78, 5) is 16.3. The maximum absolute atomic E-state index is 12.0. The number of benzene rings is 1. The van der Waals surface area contributed by atoms with Crippen molar-refractivity contribution in [2.45, 2.75) is 26.3 Å². The van der Waals surface area contributed by atoms with Gasteiger partial charge in [0.1, 0.15) is 6.04 Å². The van der Waals surface area contributed by atoms with Gasteiger partial charge in [0.05, 0.1) is 5.01 Å².